The maximum absolute atomic E-state index is 12.5. The van der Waals surface area contributed by atoms with Crippen molar-refractivity contribution in [3.63, 3.8) is 0 Å². The van der Waals surface area contributed by atoms with Crippen LogP contribution in [0.4, 0.5) is 6.01 Å². The Morgan fingerprint density at radius 1 is 1.00 bits per heavy atom. The fourth-order valence-electron chi connectivity index (χ4n) is 2.96. The third-order valence-electron chi connectivity index (χ3n) is 5.21. The molecule has 1 aromatic heterocycles. The molecule has 170 valence electrons. The molecule has 3 rings (SSSR count). The first-order valence-corrected chi connectivity index (χ1v) is 11.8. The van der Waals surface area contributed by atoms with Crippen LogP contribution >= 0.6 is 0 Å². The molecule has 0 spiro atoms. The van der Waals surface area contributed by atoms with E-state index in [0.717, 1.165) is 5.56 Å². The maximum atomic E-state index is 12.5. The third-order valence-corrected chi connectivity index (χ3v) is 7.26. The molecule has 0 aliphatic carbocycles. The van der Waals surface area contributed by atoms with Crippen LogP contribution in [0.15, 0.2) is 57.8 Å². The van der Waals surface area contributed by atoms with Crippen molar-refractivity contribution in [2.24, 2.45) is 0 Å². The maximum Gasteiger partial charge on any atom is 0.322 e. The van der Waals surface area contributed by atoms with Gasteiger partial charge in [-0.25, -0.2) is 8.42 Å². The largest absolute Gasteiger partial charge is 0.407 e. The summed E-state index contributed by atoms with van der Waals surface area (Å²) in [7, 11) is -2.09. The predicted molar refractivity (Wildman–Crippen MR) is 122 cm³/mol. The highest BCUT2D eigenvalue weighted by Crippen LogP contribution is 2.19. The molecule has 3 aromatic rings. The number of nitrogens with one attached hydrogen (secondary N) is 1. The minimum atomic E-state index is -3.61. The van der Waals surface area contributed by atoms with Crippen molar-refractivity contribution in [2.75, 3.05) is 12.4 Å². The highest BCUT2D eigenvalue weighted by Gasteiger charge is 2.23. The number of hydrogen-bond donors (Lipinski definition) is 1. The molecule has 9 heteroatoms. The number of benzene rings is 2. The fraction of sp³-hybridized carbons (Fsp3) is 0.348. The Balaban J connectivity index is 1.65. The van der Waals surface area contributed by atoms with Crippen LogP contribution in [-0.4, -0.2) is 41.9 Å². The molecule has 0 radical (unpaired) electrons. The van der Waals surface area contributed by atoms with Gasteiger partial charge in [-0.15, -0.1) is 5.10 Å². The minimum absolute atomic E-state index is 0.0139. The lowest BCUT2D eigenvalue weighted by atomic mass is 10.0. The van der Waals surface area contributed by atoms with E-state index in [4.69, 9.17) is 4.42 Å². The van der Waals surface area contributed by atoms with Crippen molar-refractivity contribution >= 4 is 21.9 Å². The number of rotatable bonds is 8. The molecule has 1 amide bonds. The van der Waals surface area contributed by atoms with Crippen LogP contribution in [0, 0.1) is 0 Å². The molecular formula is C23H28N4O4S. The molecule has 0 unspecified atom stereocenters. The summed E-state index contributed by atoms with van der Waals surface area (Å²) in [6.07, 6.45) is 0.456. The van der Waals surface area contributed by atoms with Gasteiger partial charge < -0.3 is 4.42 Å². The standard InChI is InChI=1S/C23H28N4O4S/c1-15(2)18-8-6-17(7-9-18)14-21-25-26-23(31-21)24-22(28)19-10-12-20(13-11-19)32(29,30)27(5)16(3)4/h6-13,15-16H,14H2,1-5H3,(H,24,26,28). The Kier molecular flexibility index (Phi) is 7.10. The normalized spacial score (nSPS) is 12.0. The molecular weight excluding hydrogens is 428 g/mol. The summed E-state index contributed by atoms with van der Waals surface area (Å²) >= 11 is 0. The van der Waals surface area contributed by atoms with Crippen LogP contribution in [0.25, 0.3) is 0 Å². The second-order valence-corrected chi connectivity index (χ2v) is 10.2. The second kappa shape index (κ2) is 9.62. The first kappa shape index (κ1) is 23.6. The van der Waals surface area contributed by atoms with Gasteiger partial charge in [0, 0.05) is 18.7 Å². The molecule has 0 aliphatic rings. The van der Waals surface area contributed by atoms with Gasteiger partial charge in [0.05, 0.1) is 11.3 Å². The van der Waals surface area contributed by atoms with Gasteiger partial charge in [0.25, 0.3) is 5.91 Å². The lowest BCUT2D eigenvalue weighted by Crippen LogP contribution is -2.33. The Morgan fingerprint density at radius 2 is 1.62 bits per heavy atom. The molecule has 32 heavy (non-hydrogen) atoms. The van der Waals surface area contributed by atoms with E-state index in [1.807, 2.05) is 12.1 Å². The van der Waals surface area contributed by atoms with Gasteiger partial charge in [-0.05, 0) is 55.2 Å². The molecule has 2 aromatic carbocycles. The number of aromatic nitrogens is 2. The first-order chi connectivity index (χ1) is 15.1. The Morgan fingerprint density at radius 3 is 2.19 bits per heavy atom. The van der Waals surface area contributed by atoms with E-state index in [0.29, 0.717) is 18.2 Å². The Labute approximate surface area is 188 Å². The van der Waals surface area contributed by atoms with E-state index in [9.17, 15) is 13.2 Å². The highest BCUT2D eigenvalue weighted by molar-refractivity contribution is 7.89. The van der Waals surface area contributed by atoms with E-state index >= 15 is 0 Å². The number of nitrogens with zero attached hydrogens (tertiary/aromatic N) is 3. The van der Waals surface area contributed by atoms with Crippen LogP contribution < -0.4 is 5.32 Å². The number of hydrogen-bond acceptors (Lipinski definition) is 6. The average molecular weight is 457 g/mol. The molecule has 0 fully saturated rings. The Bertz CT molecular complexity index is 1170. The minimum Gasteiger partial charge on any atom is -0.407 e. The summed E-state index contributed by atoms with van der Waals surface area (Å²) in [5, 5.41) is 10.4. The van der Waals surface area contributed by atoms with Crippen LogP contribution in [0.1, 0.15) is 61.0 Å². The monoisotopic (exact) mass is 456 g/mol. The number of anilines is 1. The summed E-state index contributed by atoms with van der Waals surface area (Å²) < 4.78 is 31.9. The number of carbonyl (C=O) groups is 1. The lowest BCUT2D eigenvalue weighted by molar-refractivity contribution is 0.102. The molecule has 0 aliphatic heterocycles. The van der Waals surface area contributed by atoms with Crippen LogP contribution in [0.5, 0.6) is 0 Å². The van der Waals surface area contributed by atoms with Gasteiger partial charge in [0.2, 0.25) is 15.9 Å². The van der Waals surface area contributed by atoms with Crippen molar-refractivity contribution in [1.29, 1.82) is 0 Å². The second-order valence-electron chi connectivity index (χ2n) is 8.17. The summed E-state index contributed by atoms with van der Waals surface area (Å²) in [6, 6.07) is 13.7. The molecule has 0 saturated carbocycles. The fourth-order valence-corrected chi connectivity index (χ4v) is 4.33. The van der Waals surface area contributed by atoms with Gasteiger partial charge >= 0.3 is 6.01 Å². The summed E-state index contributed by atoms with van der Waals surface area (Å²) in [4.78, 5) is 12.6. The van der Waals surface area contributed by atoms with Gasteiger partial charge in [-0.3, -0.25) is 10.1 Å². The Hall–Kier alpha value is -3.04. The van der Waals surface area contributed by atoms with Gasteiger partial charge in [0.15, 0.2) is 0 Å². The van der Waals surface area contributed by atoms with Crippen LogP contribution in [0.3, 0.4) is 0 Å². The zero-order chi connectivity index (χ0) is 23.5. The smallest absolute Gasteiger partial charge is 0.322 e. The van der Waals surface area contributed by atoms with Crippen molar-refractivity contribution < 1.29 is 17.6 Å². The summed E-state index contributed by atoms with van der Waals surface area (Å²) in [5.74, 6) is 0.373. The van der Waals surface area contributed by atoms with Crippen LogP contribution in [0.2, 0.25) is 0 Å². The quantitative estimate of drug-likeness (QED) is 0.548. The van der Waals surface area contributed by atoms with Gasteiger partial charge in [-0.1, -0.05) is 43.2 Å². The summed E-state index contributed by atoms with van der Waals surface area (Å²) in [6.45, 7) is 7.86. The molecule has 1 N–H and O–H groups in total. The molecule has 0 bridgehead atoms. The predicted octanol–water partition coefficient (Wildman–Crippen LogP) is 4.07. The van der Waals surface area contributed by atoms with Crippen molar-refractivity contribution in [3.8, 4) is 0 Å². The molecule has 0 saturated heterocycles. The molecule has 0 atom stereocenters. The van der Waals surface area contributed by atoms with E-state index < -0.39 is 15.9 Å². The SMILES string of the molecule is CC(C)c1ccc(Cc2nnc(NC(=O)c3ccc(S(=O)(=O)N(C)C(C)C)cc3)o2)cc1. The van der Waals surface area contributed by atoms with Gasteiger partial charge in [-0.2, -0.15) is 4.31 Å². The van der Waals surface area contributed by atoms with Crippen molar-refractivity contribution in [2.45, 2.75) is 51.0 Å². The molecule has 8 nitrogen and oxygen atoms in total. The van der Waals surface area contributed by atoms with Gasteiger partial charge in [0.1, 0.15) is 0 Å². The van der Waals surface area contributed by atoms with E-state index in [1.54, 1.807) is 13.8 Å². The molecule has 1 heterocycles. The van der Waals surface area contributed by atoms with Crippen molar-refractivity contribution in [3.05, 3.63) is 71.1 Å². The van der Waals surface area contributed by atoms with E-state index in [1.165, 1.54) is 41.2 Å². The zero-order valence-electron chi connectivity index (χ0n) is 18.9. The number of carbonyl (C=O) groups excluding carboxylic acids is 1. The van der Waals surface area contributed by atoms with E-state index in [-0.39, 0.29) is 22.5 Å². The average Bonchev–Trinajstić information content (AvgIpc) is 3.20. The number of sulfonamides is 1. The first-order valence-electron chi connectivity index (χ1n) is 10.4. The lowest BCUT2D eigenvalue weighted by Gasteiger charge is -2.20. The van der Waals surface area contributed by atoms with Crippen molar-refractivity contribution in [1.82, 2.24) is 14.5 Å². The van der Waals surface area contributed by atoms with E-state index in [2.05, 4.69) is 41.5 Å². The van der Waals surface area contributed by atoms with Crippen LogP contribution in [-0.2, 0) is 16.4 Å². The third kappa shape index (κ3) is 5.41. The zero-order valence-corrected chi connectivity index (χ0v) is 19.7. The topological polar surface area (TPSA) is 105 Å². The summed E-state index contributed by atoms with van der Waals surface area (Å²) in [5.41, 5.74) is 2.56. The highest BCUT2D eigenvalue weighted by atomic mass is 32.2. The number of amides is 1.